The van der Waals surface area contributed by atoms with E-state index in [1.54, 1.807) is 38.1 Å². The van der Waals surface area contributed by atoms with Crippen molar-refractivity contribution in [3.05, 3.63) is 114 Å². The van der Waals surface area contributed by atoms with Crippen LogP contribution >= 0.6 is 11.3 Å². The molecule has 1 aliphatic rings. The van der Waals surface area contributed by atoms with E-state index < -0.39 is 12.0 Å². The van der Waals surface area contributed by atoms with Crippen LogP contribution in [0.2, 0.25) is 0 Å². The fourth-order valence-corrected chi connectivity index (χ4v) is 6.17. The number of thiazole rings is 1. The number of amides is 1. The van der Waals surface area contributed by atoms with E-state index in [0.717, 1.165) is 11.1 Å². The fraction of sp³-hybridized carbons (Fsp3) is 0.257. The maximum Gasteiger partial charge on any atom is 0.338 e. The van der Waals surface area contributed by atoms with E-state index >= 15 is 0 Å². The molecule has 1 aliphatic heterocycles. The van der Waals surface area contributed by atoms with Crippen molar-refractivity contribution in [1.29, 1.82) is 0 Å². The van der Waals surface area contributed by atoms with E-state index in [9.17, 15) is 14.4 Å². The standard InChI is InChI=1S/C35H35N3O7S/c1-6-43-26-14-12-24(13-15-26)32-31(34(41)44-7-2)22(4)36-35-38(32)33(40)29(46-35)19-23-11-16-27(28(18-23)42-5)45-20-30(39)37-25-10-8-9-21(3)17-25/h8-19,32H,6-7,20H2,1-5H3,(H,37,39)/b29-19-/t32-/m0/s1. The Balaban J connectivity index is 1.46. The highest BCUT2D eigenvalue weighted by atomic mass is 32.1. The number of aryl methyl sites for hydroxylation is 1. The molecule has 238 valence electrons. The summed E-state index contributed by atoms with van der Waals surface area (Å²) in [5, 5.41) is 2.81. The number of fused-ring (bicyclic) bond motifs is 1. The number of aromatic nitrogens is 1. The minimum absolute atomic E-state index is 0.189. The highest BCUT2D eigenvalue weighted by molar-refractivity contribution is 7.07. The van der Waals surface area contributed by atoms with Gasteiger partial charge in [0.25, 0.3) is 11.5 Å². The van der Waals surface area contributed by atoms with Crippen molar-refractivity contribution in [2.24, 2.45) is 4.99 Å². The fourth-order valence-electron chi connectivity index (χ4n) is 5.13. The van der Waals surface area contributed by atoms with Crippen LogP contribution in [0.1, 0.15) is 43.5 Å². The summed E-state index contributed by atoms with van der Waals surface area (Å²) in [5.41, 5.74) is 3.61. The van der Waals surface area contributed by atoms with Gasteiger partial charge in [0, 0.05) is 5.69 Å². The average Bonchev–Trinajstić information content (AvgIpc) is 3.34. The molecule has 0 radical (unpaired) electrons. The molecule has 10 nitrogen and oxygen atoms in total. The first-order valence-electron chi connectivity index (χ1n) is 14.8. The van der Waals surface area contributed by atoms with Crippen molar-refractivity contribution < 1.29 is 28.5 Å². The van der Waals surface area contributed by atoms with Crippen LogP contribution in [0.15, 0.2) is 87.8 Å². The second-order valence-electron chi connectivity index (χ2n) is 10.4. The molecule has 46 heavy (non-hydrogen) atoms. The Morgan fingerprint density at radius 3 is 2.46 bits per heavy atom. The Kier molecular flexibility index (Phi) is 10.0. The molecule has 4 aromatic rings. The first-order chi connectivity index (χ1) is 22.2. The molecule has 1 aromatic heterocycles. The van der Waals surface area contributed by atoms with Crippen LogP contribution in [0.25, 0.3) is 6.08 Å². The smallest absolute Gasteiger partial charge is 0.338 e. The Labute approximate surface area is 270 Å². The van der Waals surface area contributed by atoms with Crippen LogP contribution in [-0.4, -0.2) is 43.4 Å². The van der Waals surface area contributed by atoms with Crippen molar-refractivity contribution in [2.45, 2.75) is 33.7 Å². The molecule has 1 N–H and O–H groups in total. The van der Waals surface area contributed by atoms with Crippen molar-refractivity contribution in [2.75, 3.05) is 32.2 Å². The maximum absolute atomic E-state index is 14.0. The third-order valence-electron chi connectivity index (χ3n) is 7.17. The molecule has 0 spiro atoms. The second kappa shape index (κ2) is 14.3. The lowest BCUT2D eigenvalue weighted by Crippen LogP contribution is -2.39. The molecule has 3 aromatic carbocycles. The molecule has 2 heterocycles. The SMILES string of the molecule is CCOC(=O)C1=C(C)N=c2s/c(=C\c3ccc(OCC(=O)Nc4cccc(C)c4)c(OC)c3)c(=O)n2[C@H]1c1ccc(OCC)cc1. The summed E-state index contributed by atoms with van der Waals surface area (Å²) >= 11 is 1.22. The van der Waals surface area contributed by atoms with Crippen LogP contribution in [-0.2, 0) is 14.3 Å². The largest absolute Gasteiger partial charge is 0.494 e. The lowest BCUT2D eigenvalue weighted by molar-refractivity contribution is -0.139. The molecular formula is C35H35N3O7S. The Bertz CT molecular complexity index is 1980. The van der Waals surface area contributed by atoms with Gasteiger partial charge in [0.15, 0.2) is 22.9 Å². The molecule has 0 bridgehead atoms. The zero-order valence-corrected chi connectivity index (χ0v) is 27.1. The number of rotatable bonds is 11. The maximum atomic E-state index is 14.0. The van der Waals surface area contributed by atoms with Crippen LogP contribution in [0.3, 0.4) is 0 Å². The van der Waals surface area contributed by atoms with Gasteiger partial charge in [-0.15, -0.1) is 0 Å². The summed E-state index contributed by atoms with van der Waals surface area (Å²) in [7, 11) is 1.50. The van der Waals surface area contributed by atoms with Gasteiger partial charge < -0.3 is 24.3 Å². The number of allylic oxidation sites excluding steroid dienone is 1. The number of ether oxygens (including phenoxy) is 4. The third-order valence-corrected chi connectivity index (χ3v) is 8.15. The zero-order chi connectivity index (χ0) is 32.8. The lowest BCUT2D eigenvalue weighted by Gasteiger charge is -2.24. The van der Waals surface area contributed by atoms with Crippen LogP contribution < -0.4 is 34.4 Å². The van der Waals surface area contributed by atoms with Crippen molar-refractivity contribution in [3.8, 4) is 17.2 Å². The summed E-state index contributed by atoms with van der Waals surface area (Å²) in [6.45, 7) is 7.83. The minimum Gasteiger partial charge on any atom is -0.494 e. The second-order valence-corrected chi connectivity index (χ2v) is 11.4. The number of anilines is 1. The van der Waals surface area contributed by atoms with Gasteiger partial charge in [0.05, 0.1) is 42.2 Å². The molecule has 0 unspecified atom stereocenters. The molecule has 1 atom stereocenters. The van der Waals surface area contributed by atoms with Crippen LogP contribution in [0.5, 0.6) is 17.2 Å². The Hall–Kier alpha value is -5.16. The van der Waals surface area contributed by atoms with Gasteiger partial charge in [0.2, 0.25) is 0 Å². The molecule has 11 heteroatoms. The molecule has 0 saturated carbocycles. The average molecular weight is 642 g/mol. The number of carbonyl (C=O) groups excluding carboxylic acids is 2. The summed E-state index contributed by atoms with van der Waals surface area (Å²) in [4.78, 5) is 44.7. The van der Waals surface area contributed by atoms with Gasteiger partial charge in [-0.25, -0.2) is 9.79 Å². The summed E-state index contributed by atoms with van der Waals surface area (Å²) in [5.74, 6) is 0.635. The van der Waals surface area contributed by atoms with Gasteiger partial charge in [-0.1, -0.05) is 41.7 Å². The quantitative estimate of drug-likeness (QED) is 0.239. The molecular weight excluding hydrogens is 606 g/mol. The van der Waals surface area contributed by atoms with Gasteiger partial charge >= 0.3 is 5.97 Å². The molecule has 0 fully saturated rings. The van der Waals surface area contributed by atoms with Gasteiger partial charge in [0.1, 0.15) is 5.75 Å². The van der Waals surface area contributed by atoms with Crippen molar-refractivity contribution in [3.63, 3.8) is 0 Å². The number of nitrogens with zero attached hydrogens (tertiary/aromatic N) is 2. The predicted octanol–water partition coefficient (Wildman–Crippen LogP) is 4.53. The van der Waals surface area contributed by atoms with E-state index in [-0.39, 0.29) is 24.7 Å². The number of nitrogens with one attached hydrogen (secondary N) is 1. The van der Waals surface area contributed by atoms with E-state index in [1.807, 2.05) is 62.4 Å². The van der Waals surface area contributed by atoms with E-state index in [0.29, 0.717) is 55.7 Å². The zero-order valence-electron chi connectivity index (χ0n) is 26.3. The third kappa shape index (κ3) is 7.05. The highest BCUT2D eigenvalue weighted by Gasteiger charge is 2.33. The van der Waals surface area contributed by atoms with E-state index in [2.05, 4.69) is 10.3 Å². The number of carbonyl (C=O) groups is 2. The van der Waals surface area contributed by atoms with Gasteiger partial charge in [-0.3, -0.25) is 14.2 Å². The number of methoxy groups -OCH3 is 1. The molecule has 0 aliphatic carbocycles. The monoisotopic (exact) mass is 641 g/mol. The van der Waals surface area contributed by atoms with Crippen molar-refractivity contribution >= 4 is 35.0 Å². The van der Waals surface area contributed by atoms with Gasteiger partial charge in [-0.05, 0) is 86.9 Å². The van der Waals surface area contributed by atoms with Crippen molar-refractivity contribution in [1.82, 2.24) is 4.57 Å². The Morgan fingerprint density at radius 1 is 0.978 bits per heavy atom. The normalized spacial score (nSPS) is 14.3. The summed E-state index contributed by atoms with van der Waals surface area (Å²) in [6.07, 6.45) is 1.74. The molecule has 0 saturated heterocycles. The molecule has 5 rings (SSSR count). The van der Waals surface area contributed by atoms with Crippen LogP contribution in [0.4, 0.5) is 5.69 Å². The number of esters is 1. The topological polar surface area (TPSA) is 117 Å². The highest BCUT2D eigenvalue weighted by Crippen LogP contribution is 2.32. The Morgan fingerprint density at radius 2 is 1.76 bits per heavy atom. The minimum atomic E-state index is -0.732. The number of benzene rings is 3. The van der Waals surface area contributed by atoms with Crippen LogP contribution in [0, 0.1) is 6.92 Å². The first kappa shape index (κ1) is 32.2. The van der Waals surface area contributed by atoms with E-state index in [4.69, 9.17) is 18.9 Å². The first-order valence-corrected chi connectivity index (χ1v) is 15.6. The number of hydrogen-bond acceptors (Lipinski definition) is 9. The molecule has 1 amide bonds. The van der Waals surface area contributed by atoms with E-state index in [1.165, 1.54) is 23.0 Å². The predicted molar refractivity (Wildman–Crippen MR) is 176 cm³/mol. The summed E-state index contributed by atoms with van der Waals surface area (Å²) < 4.78 is 24.2. The number of hydrogen-bond donors (Lipinski definition) is 1. The lowest BCUT2D eigenvalue weighted by atomic mass is 9.96. The van der Waals surface area contributed by atoms with Gasteiger partial charge in [-0.2, -0.15) is 0 Å². The summed E-state index contributed by atoms with van der Waals surface area (Å²) in [6, 6.07) is 19.3.